The van der Waals surface area contributed by atoms with E-state index in [2.05, 4.69) is 0 Å². The summed E-state index contributed by atoms with van der Waals surface area (Å²) in [5, 5.41) is 10.4. The van der Waals surface area contributed by atoms with Gasteiger partial charge in [-0.15, -0.1) is 0 Å². The van der Waals surface area contributed by atoms with Crippen molar-refractivity contribution >= 4 is 11.9 Å². The molecule has 0 saturated heterocycles. The van der Waals surface area contributed by atoms with Crippen molar-refractivity contribution in [3.05, 3.63) is 53.6 Å². The number of fused-ring (bicyclic) bond motifs is 1. The van der Waals surface area contributed by atoms with Crippen LogP contribution < -0.4 is 14.2 Å². The summed E-state index contributed by atoms with van der Waals surface area (Å²) in [6, 6.07) is 11.9. The van der Waals surface area contributed by atoms with E-state index in [0.717, 1.165) is 11.1 Å². The Morgan fingerprint density at radius 1 is 1.00 bits per heavy atom. The van der Waals surface area contributed by atoms with Crippen molar-refractivity contribution < 1.29 is 28.9 Å². The number of hydrogen-bond donors (Lipinski definition) is 1. The highest BCUT2D eigenvalue weighted by atomic mass is 16.5. The largest absolute Gasteiger partial charge is 0.483 e. The molecule has 0 bridgehead atoms. The fourth-order valence-electron chi connectivity index (χ4n) is 2.77. The van der Waals surface area contributed by atoms with Crippen LogP contribution in [0.1, 0.15) is 31.1 Å². The molecule has 1 aliphatic rings. The van der Waals surface area contributed by atoms with Crippen molar-refractivity contribution in [2.45, 2.75) is 32.5 Å². The predicted molar refractivity (Wildman–Crippen MR) is 88.6 cm³/mol. The van der Waals surface area contributed by atoms with Crippen molar-refractivity contribution in [3.8, 4) is 17.2 Å². The second-order valence-electron chi connectivity index (χ2n) is 5.84. The van der Waals surface area contributed by atoms with Gasteiger partial charge in [-0.1, -0.05) is 18.2 Å². The van der Waals surface area contributed by atoms with Crippen LogP contribution in [0, 0.1) is 0 Å². The molecule has 0 aliphatic carbocycles. The Morgan fingerprint density at radius 2 is 1.60 bits per heavy atom. The number of esters is 2. The van der Waals surface area contributed by atoms with Crippen molar-refractivity contribution in [1.82, 2.24) is 0 Å². The Morgan fingerprint density at radius 3 is 2.24 bits per heavy atom. The molecule has 2 aromatic rings. The number of carbonyl (C=O) groups is 2. The lowest BCUT2D eigenvalue weighted by molar-refractivity contribution is -0.132. The van der Waals surface area contributed by atoms with Gasteiger partial charge in [0.15, 0.2) is 0 Å². The molecule has 0 amide bonds. The molecular weight excluding hydrogens is 324 g/mol. The number of ether oxygens (including phenoxy) is 3. The van der Waals surface area contributed by atoms with Crippen LogP contribution in [0.25, 0.3) is 0 Å². The van der Waals surface area contributed by atoms with Gasteiger partial charge in [0.2, 0.25) is 0 Å². The van der Waals surface area contributed by atoms with Gasteiger partial charge in [-0.05, 0) is 29.3 Å². The maximum absolute atomic E-state index is 11.1. The summed E-state index contributed by atoms with van der Waals surface area (Å²) in [5.41, 5.74) is 1.60. The summed E-state index contributed by atoms with van der Waals surface area (Å²) in [6.07, 6.45) is -0.857. The van der Waals surface area contributed by atoms with Gasteiger partial charge >= 0.3 is 11.9 Å². The molecular formula is C19H18O6. The molecule has 130 valence electrons. The van der Waals surface area contributed by atoms with E-state index in [1.54, 1.807) is 42.5 Å². The quantitative estimate of drug-likeness (QED) is 0.682. The second kappa shape index (κ2) is 6.94. The Kier molecular flexibility index (Phi) is 4.72. The predicted octanol–water partition coefficient (Wildman–Crippen LogP) is 2.57. The van der Waals surface area contributed by atoms with Crippen LogP contribution in [0.2, 0.25) is 0 Å². The smallest absolute Gasteiger partial charge is 0.308 e. The van der Waals surface area contributed by atoms with Gasteiger partial charge in [0.1, 0.15) is 23.4 Å². The maximum atomic E-state index is 11.1. The van der Waals surface area contributed by atoms with Crippen LogP contribution >= 0.6 is 0 Å². The third-order valence-corrected chi connectivity index (χ3v) is 3.80. The Bertz CT molecular complexity index is 796. The molecule has 1 N–H and O–H groups in total. The molecule has 0 aromatic heterocycles. The zero-order chi connectivity index (χ0) is 18.0. The van der Waals surface area contributed by atoms with Gasteiger partial charge in [-0.2, -0.15) is 0 Å². The lowest BCUT2D eigenvalue weighted by Crippen LogP contribution is -2.30. The van der Waals surface area contributed by atoms with Gasteiger partial charge in [0.25, 0.3) is 0 Å². The zero-order valence-corrected chi connectivity index (χ0v) is 13.9. The van der Waals surface area contributed by atoms with E-state index >= 15 is 0 Å². The average Bonchev–Trinajstić information content (AvgIpc) is 2.54. The lowest BCUT2D eigenvalue weighted by atomic mass is 9.94. The van der Waals surface area contributed by atoms with Crippen LogP contribution in [-0.2, 0) is 16.0 Å². The van der Waals surface area contributed by atoms with Gasteiger partial charge < -0.3 is 19.3 Å². The molecule has 3 rings (SSSR count). The molecule has 0 saturated carbocycles. The molecule has 1 heterocycles. The number of rotatable bonds is 3. The van der Waals surface area contributed by atoms with Crippen LogP contribution in [0.15, 0.2) is 42.5 Å². The van der Waals surface area contributed by atoms with Crippen molar-refractivity contribution in [3.63, 3.8) is 0 Å². The molecule has 2 unspecified atom stereocenters. The summed E-state index contributed by atoms with van der Waals surface area (Å²) in [4.78, 5) is 22.1. The highest BCUT2D eigenvalue weighted by Crippen LogP contribution is 2.37. The summed E-state index contributed by atoms with van der Waals surface area (Å²) < 4.78 is 16.0. The monoisotopic (exact) mass is 342 g/mol. The minimum absolute atomic E-state index is 0.395. The van der Waals surface area contributed by atoms with Crippen molar-refractivity contribution in [2.75, 3.05) is 0 Å². The first-order valence-electron chi connectivity index (χ1n) is 7.87. The fraction of sp³-hybridized carbons (Fsp3) is 0.263. The summed E-state index contributed by atoms with van der Waals surface area (Å²) in [6.45, 7) is 2.66. The third kappa shape index (κ3) is 3.97. The average molecular weight is 342 g/mol. The molecule has 6 nitrogen and oxygen atoms in total. The van der Waals surface area contributed by atoms with Crippen LogP contribution in [0.5, 0.6) is 17.2 Å². The van der Waals surface area contributed by atoms with Gasteiger partial charge in [0, 0.05) is 26.3 Å². The molecule has 1 aliphatic heterocycles. The second-order valence-corrected chi connectivity index (χ2v) is 5.84. The number of carbonyl (C=O) groups excluding carboxylic acids is 2. The summed E-state index contributed by atoms with van der Waals surface area (Å²) >= 11 is 0. The highest BCUT2D eigenvalue weighted by Gasteiger charge is 2.30. The molecule has 0 radical (unpaired) electrons. The molecule has 6 heteroatoms. The molecule has 0 spiro atoms. The topological polar surface area (TPSA) is 82.1 Å². The Hall–Kier alpha value is -2.86. The lowest BCUT2D eigenvalue weighted by Gasteiger charge is -2.31. The van der Waals surface area contributed by atoms with Crippen LogP contribution in [-0.4, -0.2) is 23.1 Å². The summed E-state index contributed by atoms with van der Waals surface area (Å²) in [5.74, 6) is 0.589. The van der Waals surface area contributed by atoms with E-state index in [0.29, 0.717) is 23.7 Å². The van der Waals surface area contributed by atoms with Crippen molar-refractivity contribution in [1.29, 1.82) is 0 Å². The first kappa shape index (κ1) is 17.0. The number of hydrogen-bond acceptors (Lipinski definition) is 6. The molecule has 2 atom stereocenters. The van der Waals surface area contributed by atoms with E-state index in [9.17, 15) is 14.7 Å². The van der Waals surface area contributed by atoms with Crippen molar-refractivity contribution in [2.24, 2.45) is 0 Å². The minimum Gasteiger partial charge on any atom is -0.483 e. The summed E-state index contributed by atoms with van der Waals surface area (Å²) in [7, 11) is 0. The van der Waals surface area contributed by atoms with Crippen LogP contribution in [0.4, 0.5) is 0 Å². The highest BCUT2D eigenvalue weighted by molar-refractivity contribution is 5.70. The van der Waals surface area contributed by atoms with E-state index in [1.807, 2.05) is 0 Å². The molecule has 0 fully saturated rings. The molecule has 25 heavy (non-hydrogen) atoms. The van der Waals surface area contributed by atoms with Gasteiger partial charge in [0.05, 0.1) is 6.10 Å². The van der Waals surface area contributed by atoms with Gasteiger partial charge in [-0.25, -0.2) is 0 Å². The Labute approximate surface area is 144 Å². The molecule has 2 aromatic carbocycles. The normalized spacial score (nSPS) is 18.7. The number of benzene rings is 2. The van der Waals surface area contributed by atoms with E-state index in [1.165, 1.54) is 13.8 Å². The maximum Gasteiger partial charge on any atom is 0.308 e. The standard InChI is InChI=1S/C19H18O6/c1-11(20)23-15-6-3-13(4-7-15)19-17(22)9-14-5-8-16(24-12(2)21)10-18(14)25-19/h3-8,10,17,19,22H,9H2,1-2H3. The zero-order valence-electron chi connectivity index (χ0n) is 13.9. The van der Waals surface area contributed by atoms with E-state index in [4.69, 9.17) is 14.2 Å². The first-order valence-corrected chi connectivity index (χ1v) is 7.87. The minimum atomic E-state index is -0.716. The van der Waals surface area contributed by atoms with E-state index < -0.39 is 24.1 Å². The fourth-order valence-corrected chi connectivity index (χ4v) is 2.77. The number of aliphatic hydroxyl groups excluding tert-OH is 1. The van der Waals surface area contributed by atoms with Gasteiger partial charge in [-0.3, -0.25) is 9.59 Å². The Balaban J connectivity index is 1.82. The van der Waals surface area contributed by atoms with E-state index in [-0.39, 0.29) is 0 Å². The van der Waals surface area contributed by atoms with Crippen LogP contribution in [0.3, 0.4) is 0 Å². The number of aliphatic hydroxyl groups is 1. The first-order chi connectivity index (χ1) is 11.9. The third-order valence-electron chi connectivity index (χ3n) is 3.80. The SMILES string of the molecule is CC(=O)Oc1ccc(C2Oc3cc(OC(C)=O)ccc3CC2O)cc1.